The summed E-state index contributed by atoms with van der Waals surface area (Å²) in [5.74, 6) is 1.66. The fourth-order valence-electron chi connectivity index (χ4n) is 4.26. The van der Waals surface area contributed by atoms with Crippen LogP contribution in [0.15, 0.2) is 107 Å². The molecule has 0 amide bonds. The first-order chi connectivity index (χ1) is 18.7. The Kier molecular flexibility index (Phi) is 7.80. The summed E-state index contributed by atoms with van der Waals surface area (Å²) in [6.45, 7) is 1.58. The number of para-hydroxylation sites is 2. The van der Waals surface area contributed by atoms with Crippen molar-refractivity contribution in [3.63, 3.8) is 0 Å². The van der Waals surface area contributed by atoms with Gasteiger partial charge in [0, 0.05) is 23.6 Å². The maximum atomic E-state index is 10.3. The zero-order chi connectivity index (χ0) is 26.2. The number of ether oxygens (including phenoxy) is 2. The second-order valence-corrected chi connectivity index (χ2v) is 8.65. The Morgan fingerprint density at radius 3 is 1.42 bits per heavy atom. The molecule has 0 radical (unpaired) electrons. The van der Waals surface area contributed by atoms with Gasteiger partial charge in [0.15, 0.2) is 11.5 Å². The summed E-state index contributed by atoms with van der Waals surface area (Å²) in [6, 6.07) is 30.4. The highest BCUT2D eigenvalue weighted by Crippen LogP contribution is 2.28. The zero-order valence-corrected chi connectivity index (χ0v) is 20.8. The normalized spacial score (nSPS) is 11.6. The Bertz CT molecular complexity index is 1490. The number of hydrogen-bond acceptors (Lipinski definition) is 6. The van der Waals surface area contributed by atoms with Crippen molar-refractivity contribution >= 4 is 34.0 Å². The van der Waals surface area contributed by atoms with Crippen LogP contribution in [0.2, 0.25) is 0 Å². The molecule has 6 nitrogen and oxygen atoms in total. The van der Waals surface area contributed by atoms with Crippen LogP contribution in [-0.2, 0) is 0 Å². The van der Waals surface area contributed by atoms with Gasteiger partial charge < -0.3 is 19.7 Å². The molecular formula is C32H28N2O4. The first-order valence-corrected chi connectivity index (χ1v) is 12.5. The van der Waals surface area contributed by atoms with Gasteiger partial charge in [-0.05, 0) is 45.8 Å². The Morgan fingerprint density at radius 2 is 0.947 bits per heavy atom. The van der Waals surface area contributed by atoms with Crippen LogP contribution in [0.1, 0.15) is 11.1 Å². The van der Waals surface area contributed by atoms with Gasteiger partial charge in [-0.25, -0.2) is 0 Å². The highest BCUT2D eigenvalue weighted by molar-refractivity contribution is 6.03. The third kappa shape index (κ3) is 5.76. The molecule has 38 heavy (non-hydrogen) atoms. The van der Waals surface area contributed by atoms with E-state index in [0.717, 1.165) is 21.5 Å². The van der Waals surface area contributed by atoms with E-state index in [-0.39, 0.29) is 11.5 Å². The second-order valence-electron chi connectivity index (χ2n) is 8.65. The molecule has 0 bridgehead atoms. The van der Waals surface area contributed by atoms with Crippen LogP contribution in [0, 0.1) is 0 Å². The summed E-state index contributed by atoms with van der Waals surface area (Å²) < 4.78 is 11.8. The lowest BCUT2D eigenvalue weighted by molar-refractivity contribution is 0.278. The summed E-state index contributed by atoms with van der Waals surface area (Å²) in [6.07, 6.45) is 3.38. The van der Waals surface area contributed by atoms with Crippen molar-refractivity contribution in [2.75, 3.05) is 26.3 Å². The first kappa shape index (κ1) is 24.8. The number of aliphatic imine (C=N–C) groups is 2. The molecule has 5 aromatic carbocycles. The highest BCUT2D eigenvalue weighted by Gasteiger charge is 2.06. The van der Waals surface area contributed by atoms with E-state index in [9.17, 15) is 10.2 Å². The molecule has 5 rings (SSSR count). The van der Waals surface area contributed by atoms with E-state index >= 15 is 0 Å². The molecule has 6 heteroatoms. The lowest BCUT2D eigenvalue weighted by Gasteiger charge is -2.11. The largest absolute Gasteiger partial charge is 0.507 e. The van der Waals surface area contributed by atoms with Crippen molar-refractivity contribution in [3.8, 4) is 23.0 Å². The van der Waals surface area contributed by atoms with Gasteiger partial charge in [0.1, 0.15) is 24.7 Å². The van der Waals surface area contributed by atoms with Crippen molar-refractivity contribution in [2.24, 2.45) is 9.98 Å². The third-order valence-electron chi connectivity index (χ3n) is 6.14. The van der Waals surface area contributed by atoms with Gasteiger partial charge in [0.25, 0.3) is 0 Å². The predicted octanol–water partition coefficient (Wildman–Crippen LogP) is 6.40. The molecule has 0 heterocycles. The predicted molar refractivity (Wildman–Crippen MR) is 154 cm³/mol. The van der Waals surface area contributed by atoms with Crippen molar-refractivity contribution in [3.05, 3.63) is 108 Å². The standard InChI is InChI=1S/C32H28N2O4/c35-29-15-13-23-7-1-3-9-25(23)27(29)21-33-17-19-37-31-11-5-6-12-32(31)38-20-18-34-22-28-26-10-4-2-8-24(26)14-16-30(28)36/h1-16,21-22,35-36H,17-20H2. The van der Waals surface area contributed by atoms with Gasteiger partial charge in [-0.1, -0.05) is 72.8 Å². The van der Waals surface area contributed by atoms with Gasteiger partial charge >= 0.3 is 0 Å². The summed E-state index contributed by atoms with van der Waals surface area (Å²) >= 11 is 0. The van der Waals surface area contributed by atoms with E-state index in [4.69, 9.17) is 9.47 Å². The number of phenols is 2. The average molecular weight is 505 g/mol. The molecule has 0 saturated heterocycles. The fraction of sp³-hybridized carbons (Fsp3) is 0.125. The van der Waals surface area contributed by atoms with Crippen LogP contribution in [0.25, 0.3) is 21.5 Å². The number of nitrogens with zero attached hydrogens (tertiary/aromatic N) is 2. The van der Waals surface area contributed by atoms with Crippen molar-refractivity contribution < 1.29 is 19.7 Å². The molecule has 0 saturated carbocycles. The Balaban J connectivity index is 1.14. The van der Waals surface area contributed by atoms with E-state index < -0.39 is 0 Å². The number of aromatic hydroxyl groups is 2. The average Bonchev–Trinajstić information content (AvgIpc) is 2.95. The van der Waals surface area contributed by atoms with E-state index in [2.05, 4.69) is 9.98 Å². The fourth-order valence-corrected chi connectivity index (χ4v) is 4.26. The van der Waals surface area contributed by atoms with E-state index in [0.29, 0.717) is 48.9 Å². The van der Waals surface area contributed by atoms with Crippen LogP contribution in [0.4, 0.5) is 0 Å². The lowest BCUT2D eigenvalue weighted by Crippen LogP contribution is -2.06. The lowest BCUT2D eigenvalue weighted by atomic mass is 10.0. The molecule has 0 aromatic heterocycles. The third-order valence-corrected chi connectivity index (χ3v) is 6.14. The topological polar surface area (TPSA) is 83.6 Å². The molecular weight excluding hydrogens is 476 g/mol. The summed E-state index contributed by atoms with van der Waals surface area (Å²) in [5, 5.41) is 24.5. The minimum absolute atomic E-state index is 0.199. The number of hydrogen-bond donors (Lipinski definition) is 2. The van der Waals surface area contributed by atoms with Crippen LogP contribution in [0.3, 0.4) is 0 Å². The molecule has 0 spiro atoms. The van der Waals surface area contributed by atoms with Crippen molar-refractivity contribution in [1.82, 2.24) is 0 Å². The number of phenolic OH excluding ortho intramolecular Hbond substituents is 2. The maximum absolute atomic E-state index is 10.3. The molecule has 0 aliphatic rings. The summed E-state index contributed by atoms with van der Waals surface area (Å²) in [7, 11) is 0. The summed E-state index contributed by atoms with van der Waals surface area (Å²) in [5.41, 5.74) is 1.40. The Labute approximate surface area is 221 Å². The second kappa shape index (κ2) is 11.9. The molecule has 190 valence electrons. The number of benzene rings is 5. The molecule has 2 N–H and O–H groups in total. The first-order valence-electron chi connectivity index (χ1n) is 12.5. The zero-order valence-electron chi connectivity index (χ0n) is 20.8. The van der Waals surface area contributed by atoms with Gasteiger partial charge in [-0.2, -0.15) is 0 Å². The highest BCUT2D eigenvalue weighted by atomic mass is 16.5. The van der Waals surface area contributed by atoms with E-state index in [1.165, 1.54) is 0 Å². The van der Waals surface area contributed by atoms with Crippen LogP contribution in [0.5, 0.6) is 23.0 Å². The summed E-state index contributed by atoms with van der Waals surface area (Å²) in [4.78, 5) is 8.90. The number of fused-ring (bicyclic) bond motifs is 2. The molecule has 0 fully saturated rings. The molecule has 0 aliphatic heterocycles. The van der Waals surface area contributed by atoms with Crippen molar-refractivity contribution in [2.45, 2.75) is 0 Å². The quantitative estimate of drug-likeness (QED) is 0.170. The monoisotopic (exact) mass is 504 g/mol. The van der Waals surface area contributed by atoms with Gasteiger partial charge in [-0.3, -0.25) is 9.98 Å². The molecule has 0 atom stereocenters. The maximum Gasteiger partial charge on any atom is 0.161 e. The Morgan fingerprint density at radius 1 is 0.526 bits per heavy atom. The SMILES string of the molecule is Oc1ccc2ccccc2c1C=NCCOc1ccccc1OCCN=Cc1c(O)ccc2ccccc12. The minimum Gasteiger partial charge on any atom is -0.507 e. The van der Waals surface area contributed by atoms with E-state index in [1.54, 1.807) is 24.6 Å². The molecule has 0 unspecified atom stereocenters. The minimum atomic E-state index is 0.199. The van der Waals surface area contributed by atoms with Gasteiger partial charge in [0.05, 0.1) is 13.1 Å². The molecule has 5 aromatic rings. The van der Waals surface area contributed by atoms with Gasteiger partial charge in [-0.15, -0.1) is 0 Å². The van der Waals surface area contributed by atoms with Crippen molar-refractivity contribution in [1.29, 1.82) is 0 Å². The number of rotatable bonds is 10. The van der Waals surface area contributed by atoms with Crippen LogP contribution >= 0.6 is 0 Å². The molecule has 0 aliphatic carbocycles. The van der Waals surface area contributed by atoms with Crippen LogP contribution < -0.4 is 9.47 Å². The van der Waals surface area contributed by atoms with E-state index in [1.807, 2.05) is 84.9 Å². The smallest absolute Gasteiger partial charge is 0.161 e. The van der Waals surface area contributed by atoms with Crippen LogP contribution in [-0.4, -0.2) is 48.9 Å². The Hall–Kier alpha value is -4.84. The van der Waals surface area contributed by atoms with Gasteiger partial charge in [0.2, 0.25) is 0 Å².